The van der Waals surface area contributed by atoms with Crippen LogP contribution in [0, 0.1) is 5.41 Å². The zero-order valence-electron chi connectivity index (χ0n) is 6.26. The molecule has 0 aliphatic rings. The van der Waals surface area contributed by atoms with Crippen LogP contribution in [0.5, 0.6) is 0 Å². The third kappa shape index (κ3) is 5.44. The lowest BCUT2D eigenvalue weighted by Crippen LogP contribution is -2.19. The van der Waals surface area contributed by atoms with E-state index >= 15 is 0 Å². The van der Waals surface area contributed by atoms with Crippen molar-refractivity contribution in [2.45, 2.75) is 32.2 Å². The second-order valence-electron chi connectivity index (χ2n) is 2.49. The summed E-state index contributed by atoms with van der Waals surface area (Å²) in [4.78, 5) is 9.87. The van der Waals surface area contributed by atoms with Crippen molar-refractivity contribution < 1.29 is 4.79 Å². The average molecular weight is 142 g/mol. The van der Waals surface area contributed by atoms with Crippen LogP contribution in [0.1, 0.15) is 26.2 Å². The largest absolute Gasteiger partial charge is 0.328 e. The van der Waals surface area contributed by atoms with Gasteiger partial charge in [0.15, 0.2) is 0 Å². The van der Waals surface area contributed by atoms with Gasteiger partial charge in [0.05, 0.1) is 0 Å². The van der Waals surface area contributed by atoms with Crippen LogP contribution in [0.3, 0.4) is 0 Å². The van der Waals surface area contributed by atoms with E-state index in [0.717, 1.165) is 6.29 Å². The quantitative estimate of drug-likeness (QED) is 0.439. The molecule has 0 fully saturated rings. The van der Waals surface area contributed by atoms with Gasteiger partial charge in [-0.15, -0.1) is 0 Å². The van der Waals surface area contributed by atoms with Gasteiger partial charge < -0.3 is 15.9 Å². The summed E-state index contributed by atoms with van der Waals surface area (Å²) in [5, 5.41) is 7.28. The first-order valence-electron chi connectivity index (χ1n) is 3.42. The van der Waals surface area contributed by atoms with Crippen molar-refractivity contribution in [1.82, 2.24) is 0 Å². The van der Waals surface area contributed by atoms with Crippen molar-refractivity contribution in [3.05, 3.63) is 0 Å². The summed E-state index contributed by atoms with van der Waals surface area (Å²) < 4.78 is 0. The van der Waals surface area contributed by atoms with E-state index in [2.05, 4.69) is 0 Å². The standard InChI is InChI=1S/C7H14N2O/c1-6(8)5-7(9)3-2-4-10/h4,6,9H,2-3,5,8H2,1H3/t6-/m1/s1. The summed E-state index contributed by atoms with van der Waals surface area (Å²) in [6.45, 7) is 1.86. The lowest BCUT2D eigenvalue weighted by molar-refractivity contribution is -0.107. The zero-order chi connectivity index (χ0) is 7.98. The maximum absolute atomic E-state index is 9.87. The number of rotatable bonds is 5. The highest BCUT2D eigenvalue weighted by Gasteiger charge is 1.99. The average Bonchev–Trinajstić information content (AvgIpc) is 1.82. The molecule has 0 spiro atoms. The van der Waals surface area contributed by atoms with Gasteiger partial charge in [0.2, 0.25) is 0 Å². The maximum Gasteiger partial charge on any atom is 0.120 e. The summed E-state index contributed by atoms with van der Waals surface area (Å²) >= 11 is 0. The molecule has 0 rings (SSSR count). The Morgan fingerprint density at radius 3 is 2.80 bits per heavy atom. The van der Waals surface area contributed by atoms with Crippen LogP contribution in [0.25, 0.3) is 0 Å². The summed E-state index contributed by atoms with van der Waals surface area (Å²) in [5.74, 6) is 0. The fraction of sp³-hybridized carbons (Fsp3) is 0.714. The van der Waals surface area contributed by atoms with E-state index < -0.39 is 0 Å². The molecule has 0 aromatic carbocycles. The van der Waals surface area contributed by atoms with Gasteiger partial charge in [-0.05, 0) is 19.8 Å². The predicted octanol–water partition coefficient (Wildman–Crippen LogP) is 0.723. The summed E-state index contributed by atoms with van der Waals surface area (Å²) in [6.07, 6.45) is 2.44. The van der Waals surface area contributed by atoms with E-state index in [0.29, 0.717) is 25.0 Å². The Kier molecular flexibility index (Phi) is 4.76. The van der Waals surface area contributed by atoms with Crippen molar-refractivity contribution >= 4 is 12.0 Å². The van der Waals surface area contributed by atoms with E-state index in [9.17, 15) is 4.79 Å². The molecule has 0 aliphatic heterocycles. The molecule has 1 atom stereocenters. The molecule has 0 aromatic heterocycles. The number of carbonyl (C=O) groups excluding carboxylic acids is 1. The third-order valence-corrected chi connectivity index (χ3v) is 1.13. The topological polar surface area (TPSA) is 66.9 Å². The highest BCUT2D eigenvalue weighted by atomic mass is 16.1. The molecule has 10 heavy (non-hydrogen) atoms. The summed E-state index contributed by atoms with van der Waals surface area (Å²) in [6, 6.07) is 0.0409. The number of hydrogen-bond donors (Lipinski definition) is 2. The predicted molar refractivity (Wildman–Crippen MR) is 41.3 cm³/mol. The fourth-order valence-corrected chi connectivity index (χ4v) is 0.724. The van der Waals surface area contributed by atoms with Crippen LogP contribution in [-0.2, 0) is 4.79 Å². The monoisotopic (exact) mass is 142 g/mol. The number of hydrogen-bond acceptors (Lipinski definition) is 3. The molecule has 3 N–H and O–H groups in total. The van der Waals surface area contributed by atoms with Gasteiger partial charge in [0, 0.05) is 18.2 Å². The molecule has 3 nitrogen and oxygen atoms in total. The molecule has 0 saturated carbocycles. The summed E-state index contributed by atoms with van der Waals surface area (Å²) in [5.41, 5.74) is 6.01. The first kappa shape index (κ1) is 9.30. The Labute approximate surface area is 61.1 Å². The van der Waals surface area contributed by atoms with E-state index in [4.69, 9.17) is 11.1 Å². The maximum atomic E-state index is 9.87. The van der Waals surface area contributed by atoms with Gasteiger partial charge >= 0.3 is 0 Å². The van der Waals surface area contributed by atoms with Crippen molar-refractivity contribution in [2.24, 2.45) is 5.73 Å². The van der Waals surface area contributed by atoms with Crippen LogP contribution in [0.15, 0.2) is 0 Å². The number of carbonyl (C=O) groups is 1. The number of aldehydes is 1. The Morgan fingerprint density at radius 2 is 2.40 bits per heavy atom. The zero-order valence-corrected chi connectivity index (χ0v) is 6.26. The fourth-order valence-electron chi connectivity index (χ4n) is 0.724. The SMILES string of the molecule is C[C@@H](N)CC(=N)CCC=O. The minimum absolute atomic E-state index is 0.0409. The van der Waals surface area contributed by atoms with Crippen LogP contribution < -0.4 is 5.73 Å². The minimum Gasteiger partial charge on any atom is -0.328 e. The van der Waals surface area contributed by atoms with Gasteiger partial charge in [-0.3, -0.25) is 0 Å². The molecule has 0 saturated heterocycles. The van der Waals surface area contributed by atoms with Crippen LogP contribution in [0.4, 0.5) is 0 Å². The number of nitrogens with one attached hydrogen (secondary N) is 1. The highest BCUT2D eigenvalue weighted by molar-refractivity contribution is 5.83. The van der Waals surface area contributed by atoms with Gasteiger partial charge in [0.1, 0.15) is 6.29 Å². The molecular weight excluding hydrogens is 128 g/mol. The van der Waals surface area contributed by atoms with E-state index in [1.807, 2.05) is 6.92 Å². The van der Waals surface area contributed by atoms with Crippen molar-refractivity contribution in [1.29, 1.82) is 5.41 Å². The van der Waals surface area contributed by atoms with Gasteiger partial charge in [-0.25, -0.2) is 0 Å². The van der Waals surface area contributed by atoms with Crippen LogP contribution in [-0.4, -0.2) is 18.0 Å². The van der Waals surface area contributed by atoms with E-state index in [1.54, 1.807) is 0 Å². The smallest absolute Gasteiger partial charge is 0.120 e. The molecule has 0 bridgehead atoms. The Balaban J connectivity index is 3.34. The number of nitrogens with two attached hydrogens (primary N) is 1. The van der Waals surface area contributed by atoms with Crippen molar-refractivity contribution in [3.63, 3.8) is 0 Å². The molecular formula is C7H14N2O. The van der Waals surface area contributed by atoms with Crippen LogP contribution >= 0.6 is 0 Å². The minimum atomic E-state index is 0.0409. The molecule has 58 valence electrons. The second-order valence-corrected chi connectivity index (χ2v) is 2.49. The lowest BCUT2D eigenvalue weighted by Gasteiger charge is -2.03. The first-order chi connectivity index (χ1) is 4.66. The first-order valence-corrected chi connectivity index (χ1v) is 3.42. The molecule has 0 aromatic rings. The van der Waals surface area contributed by atoms with Crippen molar-refractivity contribution in [3.8, 4) is 0 Å². The van der Waals surface area contributed by atoms with Crippen LogP contribution in [0.2, 0.25) is 0 Å². The van der Waals surface area contributed by atoms with Gasteiger partial charge in [-0.2, -0.15) is 0 Å². The molecule has 0 aliphatic carbocycles. The molecule has 0 heterocycles. The normalized spacial score (nSPS) is 12.6. The summed E-state index contributed by atoms with van der Waals surface area (Å²) in [7, 11) is 0. The highest BCUT2D eigenvalue weighted by Crippen LogP contribution is 1.95. The Hall–Kier alpha value is -0.700. The second kappa shape index (κ2) is 5.11. The Bertz CT molecular complexity index is 121. The van der Waals surface area contributed by atoms with Gasteiger partial charge in [0.25, 0.3) is 0 Å². The lowest BCUT2D eigenvalue weighted by atomic mass is 10.1. The van der Waals surface area contributed by atoms with Gasteiger partial charge in [-0.1, -0.05) is 0 Å². The van der Waals surface area contributed by atoms with Crippen molar-refractivity contribution in [2.75, 3.05) is 0 Å². The molecule has 0 amide bonds. The molecule has 0 unspecified atom stereocenters. The Morgan fingerprint density at radius 1 is 1.80 bits per heavy atom. The van der Waals surface area contributed by atoms with E-state index in [-0.39, 0.29) is 6.04 Å². The molecule has 0 radical (unpaired) electrons. The molecule has 3 heteroatoms. The van der Waals surface area contributed by atoms with E-state index in [1.165, 1.54) is 0 Å². The third-order valence-electron chi connectivity index (χ3n) is 1.13.